The second-order valence-electron chi connectivity index (χ2n) is 4.49. The lowest BCUT2D eigenvalue weighted by atomic mass is 10.2. The summed E-state index contributed by atoms with van der Waals surface area (Å²) in [7, 11) is -2.70. The molecule has 6 heteroatoms. The number of halogens is 1. The Morgan fingerprint density at radius 1 is 1.25 bits per heavy atom. The van der Waals surface area contributed by atoms with Crippen molar-refractivity contribution in [2.45, 2.75) is 4.90 Å². The summed E-state index contributed by atoms with van der Waals surface area (Å²) in [6.45, 7) is 0. The Balaban J connectivity index is 2.09. The number of nitrogens with zero attached hydrogens (tertiary/aromatic N) is 1. The number of hydrogen-bond donors (Lipinski definition) is 1. The Labute approximate surface area is 121 Å². The van der Waals surface area contributed by atoms with Crippen molar-refractivity contribution in [2.24, 2.45) is 0 Å². The van der Waals surface area contributed by atoms with Crippen molar-refractivity contribution in [3.05, 3.63) is 47.6 Å². The van der Waals surface area contributed by atoms with E-state index in [2.05, 4.69) is 4.98 Å². The van der Waals surface area contributed by atoms with Gasteiger partial charge in [-0.3, -0.25) is 4.98 Å². The Bertz CT molecular complexity index is 883. The molecule has 0 radical (unpaired) electrons. The molecule has 2 heterocycles. The van der Waals surface area contributed by atoms with E-state index in [4.69, 9.17) is 20.8 Å². The molecular formula is C14H11ClN2O2S. The molecule has 3 aromatic rings. The summed E-state index contributed by atoms with van der Waals surface area (Å²) in [4.78, 5) is 4.68. The van der Waals surface area contributed by atoms with E-state index >= 15 is 0 Å². The molecular weight excluding hydrogens is 296 g/mol. The summed E-state index contributed by atoms with van der Waals surface area (Å²) in [6, 6.07) is 10.4. The fourth-order valence-corrected chi connectivity index (χ4v) is 2.78. The van der Waals surface area contributed by atoms with Crippen LogP contribution in [0.4, 0.5) is 0 Å². The first kappa shape index (κ1) is 13.1. The van der Waals surface area contributed by atoms with Crippen molar-refractivity contribution in [2.75, 3.05) is 6.26 Å². The molecule has 0 amide bonds. The average Bonchev–Trinajstić information content (AvgIpc) is 2.83. The number of nitrogens with one attached hydrogen (secondary N) is 1. The predicted octanol–water partition coefficient (Wildman–Crippen LogP) is 4.18. The van der Waals surface area contributed by atoms with Gasteiger partial charge in [-0.05, 0) is 18.2 Å². The van der Waals surface area contributed by atoms with Crippen LogP contribution < -0.4 is 0 Å². The second-order valence-corrected chi connectivity index (χ2v) is 7.05. The number of furan rings is 1. The molecule has 0 spiro atoms. The van der Waals surface area contributed by atoms with Gasteiger partial charge in [0.1, 0.15) is 11.3 Å². The van der Waals surface area contributed by atoms with Gasteiger partial charge in [-0.1, -0.05) is 23.7 Å². The van der Waals surface area contributed by atoms with Gasteiger partial charge in [0.05, 0.1) is 14.8 Å². The normalized spacial score (nSPS) is 14.3. The molecule has 1 unspecified atom stereocenters. The maximum absolute atomic E-state index is 11.6. The first-order chi connectivity index (χ1) is 9.45. The van der Waals surface area contributed by atoms with Crippen LogP contribution in [0.5, 0.6) is 0 Å². The zero-order valence-corrected chi connectivity index (χ0v) is 12.2. The van der Waals surface area contributed by atoms with E-state index in [0.29, 0.717) is 26.8 Å². The van der Waals surface area contributed by atoms with Crippen LogP contribution in [0.1, 0.15) is 0 Å². The van der Waals surface area contributed by atoms with Gasteiger partial charge in [-0.25, -0.2) is 8.99 Å². The molecule has 20 heavy (non-hydrogen) atoms. The lowest BCUT2D eigenvalue weighted by Crippen LogP contribution is -1.93. The standard InChI is InChI=1S/C14H11ClN2O2S/c1-20(16,18)10-4-2-9(3-5-10)13-8-12-14(19-13)11(15)6-7-17-12/h2-8,16H,1H3. The highest BCUT2D eigenvalue weighted by Crippen LogP contribution is 2.31. The molecule has 0 saturated heterocycles. The van der Waals surface area contributed by atoms with Crippen LogP contribution in [0.2, 0.25) is 5.02 Å². The van der Waals surface area contributed by atoms with E-state index in [9.17, 15) is 4.21 Å². The van der Waals surface area contributed by atoms with Crippen LogP contribution in [0.25, 0.3) is 22.4 Å². The number of rotatable bonds is 2. The molecule has 0 aliphatic heterocycles. The molecule has 1 atom stereocenters. The lowest BCUT2D eigenvalue weighted by Gasteiger charge is -2.02. The zero-order valence-electron chi connectivity index (χ0n) is 10.6. The van der Waals surface area contributed by atoms with Gasteiger partial charge in [0.25, 0.3) is 0 Å². The molecule has 0 fully saturated rings. The Kier molecular flexibility index (Phi) is 3.03. The molecule has 1 aromatic carbocycles. The van der Waals surface area contributed by atoms with Crippen LogP contribution in [-0.2, 0) is 9.73 Å². The van der Waals surface area contributed by atoms with Gasteiger partial charge in [0, 0.05) is 29.0 Å². The number of fused-ring (bicyclic) bond motifs is 1. The SMILES string of the molecule is CS(=N)(=O)c1ccc(-c2cc3nccc(Cl)c3o2)cc1. The predicted molar refractivity (Wildman–Crippen MR) is 79.5 cm³/mol. The highest BCUT2D eigenvalue weighted by Gasteiger charge is 2.10. The highest BCUT2D eigenvalue weighted by molar-refractivity contribution is 7.91. The van der Waals surface area contributed by atoms with Crippen LogP contribution in [-0.4, -0.2) is 15.4 Å². The third kappa shape index (κ3) is 2.30. The van der Waals surface area contributed by atoms with Gasteiger partial charge in [0.15, 0.2) is 5.58 Å². The minimum atomic E-state index is -2.70. The topological polar surface area (TPSA) is 67.0 Å². The molecule has 0 saturated carbocycles. The fourth-order valence-electron chi connectivity index (χ4n) is 1.93. The van der Waals surface area contributed by atoms with Crippen LogP contribution in [0, 0.1) is 4.78 Å². The molecule has 2 aromatic heterocycles. The van der Waals surface area contributed by atoms with Gasteiger partial charge in [-0.2, -0.15) is 0 Å². The average molecular weight is 307 g/mol. The number of aromatic nitrogens is 1. The van der Waals surface area contributed by atoms with Crippen molar-refractivity contribution in [1.29, 1.82) is 4.78 Å². The van der Waals surface area contributed by atoms with Crippen LogP contribution in [0.15, 0.2) is 51.9 Å². The van der Waals surface area contributed by atoms with E-state index in [-0.39, 0.29) is 0 Å². The summed E-state index contributed by atoms with van der Waals surface area (Å²) in [5.41, 5.74) is 2.07. The Morgan fingerprint density at radius 2 is 1.95 bits per heavy atom. The van der Waals surface area contributed by atoms with E-state index in [0.717, 1.165) is 5.56 Å². The highest BCUT2D eigenvalue weighted by atomic mass is 35.5. The molecule has 102 valence electrons. The maximum atomic E-state index is 11.6. The third-order valence-corrected chi connectivity index (χ3v) is 4.42. The quantitative estimate of drug-likeness (QED) is 0.772. The smallest absolute Gasteiger partial charge is 0.171 e. The first-order valence-corrected chi connectivity index (χ1v) is 8.18. The maximum Gasteiger partial charge on any atom is 0.171 e. The first-order valence-electron chi connectivity index (χ1n) is 5.83. The summed E-state index contributed by atoms with van der Waals surface area (Å²) in [6.07, 6.45) is 3.02. The third-order valence-electron chi connectivity index (χ3n) is 2.95. The molecule has 1 N–H and O–H groups in total. The van der Waals surface area contributed by atoms with Gasteiger partial charge in [-0.15, -0.1) is 0 Å². The zero-order chi connectivity index (χ0) is 14.3. The van der Waals surface area contributed by atoms with Gasteiger partial charge < -0.3 is 4.42 Å². The van der Waals surface area contributed by atoms with Gasteiger partial charge in [0.2, 0.25) is 0 Å². The molecule has 0 bridgehead atoms. The Hall–Kier alpha value is -1.85. The minimum Gasteiger partial charge on any atom is -0.453 e. The monoisotopic (exact) mass is 306 g/mol. The number of pyridine rings is 1. The largest absolute Gasteiger partial charge is 0.453 e. The summed E-state index contributed by atoms with van der Waals surface area (Å²) < 4.78 is 24.9. The summed E-state index contributed by atoms with van der Waals surface area (Å²) in [5.74, 6) is 0.639. The Morgan fingerprint density at radius 3 is 2.55 bits per heavy atom. The van der Waals surface area contributed by atoms with Crippen LogP contribution >= 0.6 is 11.6 Å². The molecule has 4 nitrogen and oxygen atoms in total. The van der Waals surface area contributed by atoms with Crippen molar-refractivity contribution >= 4 is 32.4 Å². The number of benzene rings is 1. The summed E-state index contributed by atoms with van der Waals surface area (Å²) in [5, 5.41) is 0.514. The van der Waals surface area contributed by atoms with Crippen molar-refractivity contribution < 1.29 is 8.63 Å². The van der Waals surface area contributed by atoms with Crippen molar-refractivity contribution in [1.82, 2.24) is 4.98 Å². The fraction of sp³-hybridized carbons (Fsp3) is 0.0714. The van der Waals surface area contributed by atoms with Crippen molar-refractivity contribution in [3.63, 3.8) is 0 Å². The molecule has 0 aliphatic rings. The van der Waals surface area contributed by atoms with Gasteiger partial charge >= 0.3 is 0 Å². The molecule has 3 rings (SSSR count). The van der Waals surface area contributed by atoms with Crippen LogP contribution in [0.3, 0.4) is 0 Å². The second kappa shape index (κ2) is 4.61. The van der Waals surface area contributed by atoms with E-state index in [1.165, 1.54) is 6.26 Å². The number of hydrogen-bond acceptors (Lipinski definition) is 4. The minimum absolute atomic E-state index is 0.494. The van der Waals surface area contributed by atoms with E-state index in [1.54, 1.807) is 42.6 Å². The van der Waals surface area contributed by atoms with Crippen molar-refractivity contribution in [3.8, 4) is 11.3 Å². The summed E-state index contributed by atoms with van der Waals surface area (Å²) >= 11 is 6.05. The molecule has 0 aliphatic carbocycles. The van der Waals surface area contributed by atoms with E-state index in [1.807, 2.05) is 0 Å². The lowest BCUT2D eigenvalue weighted by molar-refractivity contribution is 0.631. The van der Waals surface area contributed by atoms with E-state index < -0.39 is 9.73 Å².